The summed E-state index contributed by atoms with van der Waals surface area (Å²) in [6.07, 6.45) is 1.81. The number of hydrogen-bond donors (Lipinski definition) is 2. The summed E-state index contributed by atoms with van der Waals surface area (Å²) in [7, 11) is 1.30. The minimum Gasteiger partial charge on any atom is -0.453 e. The molecule has 10 nitrogen and oxygen atoms in total. The van der Waals surface area contributed by atoms with E-state index in [2.05, 4.69) is 15.4 Å². The molecule has 2 fully saturated rings. The quantitative estimate of drug-likeness (QED) is 0.402. The summed E-state index contributed by atoms with van der Waals surface area (Å²) in [5.41, 5.74) is 0.0912. The molecule has 0 radical (unpaired) electrons. The molecule has 0 aliphatic carbocycles. The van der Waals surface area contributed by atoms with Gasteiger partial charge < -0.3 is 29.9 Å². The smallest absolute Gasteiger partial charge is 0.409 e. The molecule has 14 heteroatoms. The van der Waals surface area contributed by atoms with E-state index < -0.39 is 35.7 Å². The number of nitrogens with one attached hydrogen (secondary N) is 2. The highest BCUT2D eigenvalue weighted by molar-refractivity contribution is 6.31. The van der Waals surface area contributed by atoms with Crippen LogP contribution in [0, 0.1) is 23.5 Å². The van der Waals surface area contributed by atoms with Crippen molar-refractivity contribution in [3.63, 3.8) is 0 Å². The van der Waals surface area contributed by atoms with Crippen molar-refractivity contribution in [1.29, 1.82) is 0 Å². The van der Waals surface area contributed by atoms with Crippen molar-refractivity contribution in [1.82, 2.24) is 9.80 Å². The Kier molecular flexibility index (Phi) is 12.8. The summed E-state index contributed by atoms with van der Waals surface area (Å²) >= 11 is 11.4. The lowest BCUT2D eigenvalue weighted by Gasteiger charge is -2.31. The second kappa shape index (κ2) is 16.3. The number of carbonyl (C=O) groups is 4. The van der Waals surface area contributed by atoms with Crippen molar-refractivity contribution < 1.29 is 37.4 Å². The molecule has 2 N–H and O–H groups in total. The zero-order valence-electron chi connectivity index (χ0n) is 23.8. The Labute approximate surface area is 258 Å². The minimum atomic E-state index is -0.659. The molecule has 4 rings (SSSR count). The third-order valence-electron chi connectivity index (χ3n) is 6.96. The van der Waals surface area contributed by atoms with E-state index >= 15 is 0 Å². The summed E-state index contributed by atoms with van der Waals surface area (Å²) in [4.78, 5) is 50.6. The Hall–Kier alpha value is -3.64. The van der Waals surface area contributed by atoms with Gasteiger partial charge in [-0.15, -0.1) is 0 Å². The Morgan fingerprint density at radius 3 is 1.67 bits per heavy atom. The molecule has 2 aromatic rings. The van der Waals surface area contributed by atoms with Crippen LogP contribution in [0.4, 0.5) is 29.7 Å². The van der Waals surface area contributed by atoms with Crippen LogP contribution >= 0.6 is 23.2 Å². The number of methoxy groups -OCH3 is 1. The van der Waals surface area contributed by atoms with Crippen molar-refractivity contribution in [2.24, 2.45) is 11.8 Å². The molecular weight excluding hydrogens is 609 g/mol. The number of rotatable bonds is 5. The normalized spacial score (nSPS) is 18.1. The number of amides is 4. The maximum absolute atomic E-state index is 13.8. The lowest BCUT2D eigenvalue weighted by molar-refractivity contribution is -0.122. The number of benzene rings is 2. The Morgan fingerprint density at radius 2 is 1.26 bits per heavy atom. The standard InChI is InChI=1S/C15H18ClFN2O3.C14H16ClFN2O3/c1-2-22-15(21)19-8-4-5-10(9-19)14(20)18-12-7-3-6-11(16)13(12)17;1-21-14(20)18-7-3-4-9(8-18)13(19)17-11-6-2-5-10(15)12(11)16/h3,6-7,10H,2,4-5,8-9H2,1H3,(H,18,20);2,5-6,9H,3-4,7-8H2,1H3,(H,17,19). The molecule has 0 saturated carbocycles. The van der Waals surface area contributed by atoms with E-state index in [1.54, 1.807) is 19.1 Å². The maximum atomic E-state index is 13.8. The molecule has 2 aliphatic rings. The van der Waals surface area contributed by atoms with Gasteiger partial charge in [0.15, 0.2) is 11.6 Å². The highest BCUT2D eigenvalue weighted by Gasteiger charge is 2.30. The number of anilines is 2. The van der Waals surface area contributed by atoms with E-state index in [4.69, 9.17) is 27.9 Å². The van der Waals surface area contributed by atoms with Crippen LogP contribution in [-0.4, -0.2) is 73.7 Å². The van der Waals surface area contributed by atoms with Gasteiger partial charge in [-0.1, -0.05) is 35.3 Å². The van der Waals surface area contributed by atoms with Gasteiger partial charge in [-0.25, -0.2) is 18.4 Å². The van der Waals surface area contributed by atoms with E-state index in [0.717, 1.165) is 0 Å². The van der Waals surface area contributed by atoms with Crippen LogP contribution < -0.4 is 10.6 Å². The zero-order valence-corrected chi connectivity index (χ0v) is 25.4. The summed E-state index contributed by atoms with van der Waals surface area (Å²) in [5, 5.41) is 4.96. The van der Waals surface area contributed by atoms with Gasteiger partial charge in [-0.3, -0.25) is 9.59 Å². The Morgan fingerprint density at radius 1 is 0.814 bits per heavy atom. The molecule has 2 atom stereocenters. The van der Waals surface area contributed by atoms with Crippen molar-refractivity contribution in [2.45, 2.75) is 32.6 Å². The number of likely N-dealkylation sites (tertiary alicyclic amines) is 2. The number of piperidine rings is 2. The highest BCUT2D eigenvalue weighted by Crippen LogP contribution is 2.26. The molecule has 2 aromatic carbocycles. The van der Waals surface area contributed by atoms with Crippen molar-refractivity contribution in [3.8, 4) is 0 Å². The molecule has 4 amide bonds. The molecule has 43 heavy (non-hydrogen) atoms. The van der Waals surface area contributed by atoms with Crippen molar-refractivity contribution in [3.05, 3.63) is 58.1 Å². The van der Waals surface area contributed by atoms with Gasteiger partial charge in [0.25, 0.3) is 0 Å². The third kappa shape index (κ3) is 9.42. The molecule has 2 aliphatic heterocycles. The van der Waals surface area contributed by atoms with Gasteiger partial charge in [0, 0.05) is 26.2 Å². The van der Waals surface area contributed by atoms with E-state index in [1.165, 1.54) is 41.2 Å². The van der Waals surface area contributed by atoms with Gasteiger partial charge in [0.2, 0.25) is 11.8 Å². The molecule has 0 bridgehead atoms. The Bertz CT molecular complexity index is 1320. The Balaban J connectivity index is 0.000000236. The lowest BCUT2D eigenvalue weighted by atomic mass is 9.97. The summed E-state index contributed by atoms with van der Waals surface area (Å²) < 4.78 is 37.1. The van der Waals surface area contributed by atoms with Crippen LogP contribution in [-0.2, 0) is 19.1 Å². The van der Waals surface area contributed by atoms with Crippen molar-refractivity contribution in [2.75, 3.05) is 50.5 Å². The zero-order chi connectivity index (χ0) is 31.5. The number of hydrogen-bond acceptors (Lipinski definition) is 6. The lowest BCUT2D eigenvalue weighted by Crippen LogP contribution is -2.44. The first-order valence-corrected chi connectivity index (χ1v) is 14.6. The molecule has 2 unspecified atom stereocenters. The van der Waals surface area contributed by atoms with E-state index in [0.29, 0.717) is 45.4 Å². The minimum absolute atomic E-state index is 0.0442. The number of halogens is 4. The monoisotopic (exact) mass is 642 g/mol. The van der Waals surface area contributed by atoms with Crippen LogP contribution in [0.15, 0.2) is 36.4 Å². The molecule has 2 heterocycles. The van der Waals surface area contributed by atoms with E-state index in [9.17, 15) is 28.0 Å². The van der Waals surface area contributed by atoms with Crippen molar-refractivity contribution >= 4 is 58.6 Å². The van der Waals surface area contributed by atoms with Gasteiger partial charge in [-0.05, 0) is 56.9 Å². The topological polar surface area (TPSA) is 117 Å². The second-order valence-corrected chi connectivity index (χ2v) is 10.7. The molecular formula is C29H34Cl2F2N4O6. The van der Waals surface area contributed by atoms with E-state index in [-0.39, 0.29) is 46.3 Å². The van der Waals surface area contributed by atoms with Gasteiger partial charge in [0.1, 0.15) is 0 Å². The van der Waals surface area contributed by atoms with Gasteiger partial charge in [-0.2, -0.15) is 0 Å². The highest BCUT2D eigenvalue weighted by atomic mass is 35.5. The summed E-state index contributed by atoms with van der Waals surface area (Å²) in [6, 6.07) is 8.84. The summed E-state index contributed by atoms with van der Waals surface area (Å²) in [5.74, 6) is -2.75. The molecule has 234 valence electrons. The second-order valence-electron chi connectivity index (χ2n) is 9.92. The summed E-state index contributed by atoms with van der Waals surface area (Å²) in [6.45, 7) is 3.68. The van der Waals surface area contributed by atoms with Gasteiger partial charge >= 0.3 is 12.2 Å². The predicted molar refractivity (Wildman–Crippen MR) is 158 cm³/mol. The number of carbonyl (C=O) groups excluding carboxylic acids is 4. The van der Waals surface area contributed by atoms with Crippen LogP contribution in [0.3, 0.4) is 0 Å². The van der Waals surface area contributed by atoms with E-state index in [1.807, 2.05) is 0 Å². The largest absolute Gasteiger partial charge is 0.453 e. The van der Waals surface area contributed by atoms with Crippen LogP contribution in [0.25, 0.3) is 0 Å². The molecule has 0 aromatic heterocycles. The molecule has 0 spiro atoms. The van der Waals surface area contributed by atoms with Crippen LogP contribution in [0.1, 0.15) is 32.6 Å². The average Bonchev–Trinajstić information content (AvgIpc) is 3.01. The number of nitrogens with zero attached hydrogens (tertiary/aromatic N) is 2. The first-order valence-electron chi connectivity index (χ1n) is 13.8. The SMILES string of the molecule is CCOC(=O)N1CCCC(C(=O)Nc2cccc(Cl)c2F)C1.COC(=O)N1CCCC(C(=O)Nc2cccc(Cl)c2F)C1. The fourth-order valence-corrected chi connectivity index (χ4v) is 5.08. The predicted octanol–water partition coefficient (Wildman–Crippen LogP) is 6.18. The number of ether oxygens (including phenoxy) is 2. The first kappa shape index (κ1) is 33.9. The molecule has 2 saturated heterocycles. The first-order chi connectivity index (χ1) is 20.5. The fraction of sp³-hybridized carbons (Fsp3) is 0.448. The maximum Gasteiger partial charge on any atom is 0.409 e. The fourth-order valence-electron chi connectivity index (χ4n) is 4.73. The van der Waals surface area contributed by atoms with Crippen LogP contribution in [0.5, 0.6) is 0 Å². The average molecular weight is 644 g/mol. The van der Waals surface area contributed by atoms with Gasteiger partial charge in [0.05, 0.1) is 47.0 Å². The van der Waals surface area contributed by atoms with Crippen LogP contribution in [0.2, 0.25) is 10.0 Å². The third-order valence-corrected chi connectivity index (χ3v) is 7.55.